The second kappa shape index (κ2) is 13.5. The molecule has 41 heavy (non-hydrogen) atoms. The van der Waals surface area contributed by atoms with Gasteiger partial charge < -0.3 is 19.3 Å². The highest BCUT2D eigenvalue weighted by molar-refractivity contribution is 7.17. The number of hydrogen-bond donors (Lipinski definition) is 1. The summed E-state index contributed by atoms with van der Waals surface area (Å²) in [5.74, 6) is -1.40. The molecule has 1 N–H and O–H groups in total. The van der Waals surface area contributed by atoms with Crippen molar-refractivity contribution >= 4 is 39.9 Å². The topological polar surface area (TPSA) is 115 Å². The lowest BCUT2D eigenvalue weighted by molar-refractivity contribution is -0.132. The molecule has 1 aliphatic heterocycles. The molecule has 216 valence electrons. The van der Waals surface area contributed by atoms with Crippen molar-refractivity contribution in [2.24, 2.45) is 0 Å². The van der Waals surface area contributed by atoms with Crippen LogP contribution in [0, 0.1) is 6.92 Å². The van der Waals surface area contributed by atoms with Crippen molar-refractivity contribution in [3.8, 4) is 11.5 Å². The molecule has 1 amide bonds. The average molecular weight is 579 g/mol. The van der Waals surface area contributed by atoms with Crippen LogP contribution in [-0.2, 0) is 14.3 Å². The summed E-state index contributed by atoms with van der Waals surface area (Å²) in [6.45, 7) is 8.66. The molecule has 1 aromatic heterocycles. The Morgan fingerprint density at radius 2 is 1.73 bits per heavy atom. The number of thiazole rings is 1. The number of aromatic nitrogens is 1. The molecule has 1 unspecified atom stereocenters. The molecule has 9 nitrogen and oxygen atoms in total. The zero-order valence-electron chi connectivity index (χ0n) is 23.6. The van der Waals surface area contributed by atoms with Crippen molar-refractivity contribution < 1.29 is 33.7 Å². The minimum Gasteiger partial charge on any atom is -0.507 e. The van der Waals surface area contributed by atoms with Crippen molar-refractivity contribution in [1.29, 1.82) is 0 Å². The van der Waals surface area contributed by atoms with Crippen LogP contribution in [0.5, 0.6) is 11.5 Å². The Morgan fingerprint density at radius 1 is 1.00 bits per heavy atom. The number of unbranched alkanes of at least 4 members (excludes halogenated alkanes) is 1. The van der Waals surface area contributed by atoms with Gasteiger partial charge in [-0.15, -0.1) is 0 Å². The van der Waals surface area contributed by atoms with Gasteiger partial charge in [-0.1, -0.05) is 43.7 Å². The third-order valence-electron chi connectivity index (χ3n) is 6.44. The molecule has 1 atom stereocenters. The van der Waals surface area contributed by atoms with E-state index in [9.17, 15) is 19.5 Å². The van der Waals surface area contributed by atoms with Crippen LogP contribution in [0.3, 0.4) is 0 Å². The van der Waals surface area contributed by atoms with Crippen LogP contribution >= 0.6 is 11.3 Å². The van der Waals surface area contributed by atoms with Crippen LogP contribution in [0.1, 0.15) is 72.6 Å². The molecular weight excluding hydrogens is 544 g/mol. The molecule has 0 bridgehead atoms. The van der Waals surface area contributed by atoms with Gasteiger partial charge in [0, 0.05) is 5.56 Å². The van der Waals surface area contributed by atoms with Gasteiger partial charge in [-0.05, 0) is 68.7 Å². The number of hydrogen-bond acceptors (Lipinski definition) is 9. The maximum atomic E-state index is 13.6. The number of nitrogens with zero attached hydrogens (tertiary/aromatic N) is 2. The normalized spacial score (nSPS) is 16.2. The fourth-order valence-corrected chi connectivity index (χ4v) is 5.40. The van der Waals surface area contributed by atoms with Gasteiger partial charge in [-0.25, -0.2) is 9.78 Å². The fourth-order valence-electron chi connectivity index (χ4n) is 4.41. The van der Waals surface area contributed by atoms with Gasteiger partial charge in [0.25, 0.3) is 5.78 Å². The Hall–Kier alpha value is -4.18. The molecule has 3 aromatic rings. The first-order chi connectivity index (χ1) is 19.8. The van der Waals surface area contributed by atoms with Crippen LogP contribution in [0.25, 0.3) is 5.76 Å². The monoisotopic (exact) mass is 578 g/mol. The third-order valence-corrected chi connectivity index (χ3v) is 7.57. The highest BCUT2D eigenvalue weighted by atomic mass is 32.1. The summed E-state index contributed by atoms with van der Waals surface area (Å²) in [4.78, 5) is 45.5. The quantitative estimate of drug-likeness (QED) is 0.0885. The fraction of sp³-hybridized carbons (Fsp3) is 0.355. The zero-order chi connectivity index (χ0) is 29.5. The number of benzene rings is 2. The lowest BCUT2D eigenvalue weighted by atomic mass is 9.95. The second-order valence-electron chi connectivity index (χ2n) is 9.45. The Labute approximate surface area is 243 Å². The highest BCUT2D eigenvalue weighted by Gasteiger charge is 2.48. The summed E-state index contributed by atoms with van der Waals surface area (Å²) < 4.78 is 16.7. The molecule has 1 fully saturated rings. The molecule has 0 radical (unpaired) electrons. The average Bonchev–Trinajstić information content (AvgIpc) is 3.48. The van der Waals surface area contributed by atoms with E-state index < -0.39 is 23.7 Å². The van der Waals surface area contributed by atoms with Crippen molar-refractivity contribution in [2.75, 3.05) is 24.7 Å². The van der Waals surface area contributed by atoms with Crippen molar-refractivity contribution in [1.82, 2.24) is 4.98 Å². The van der Waals surface area contributed by atoms with E-state index in [1.807, 2.05) is 6.92 Å². The first-order valence-corrected chi connectivity index (χ1v) is 14.5. The van der Waals surface area contributed by atoms with Crippen LogP contribution in [0.15, 0.2) is 54.1 Å². The van der Waals surface area contributed by atoms with Gasteiger partial charge >= 0.3 is 11.9 Å². The van der Waals surface area contributed by atoms with E-state index in [2.05, 4.69) is 11.9 Å². The predicted octanol–water partition coefficient (Wildman–Crippen LogP) is 6.22. The number of carbonyl (C=O) groups is 3. The standard InChI is InChI=1S/C31H34N2O7S/c1-5-8-17-40-23-11-9-10-21(18-23)25-24(26(34)20-12-14-22(15-13-20)39-16-6-2)27(35)29(36)33(25)31-32-19(4)28(41-31)30(37)38-7-3/h9-15,18,25,34H,5-8,16-17H2,1-4H3/b26-24+. The van der Waals surface area contributed by atoms with Gasteiger partial charge in [0.15, 0.2) is 5.13 Å². The first-order valence-electron chi connectivity index (χ1n) is 13.7. The minimum absolute atomic E-state index is 0.0894. The summed E-state index contributed by atoms with van der Waals surface area (Å²) >= 11 is 0.964. The molecular formula is C31H34N2O7S. The number of carbonyl (C=O) groups excluding carboxylic acids is 3. The summed E-state index contributed by atoms with van der Waals surface area (Å²) in [6, 6.07) is 12.8. The number of aliphatic hydroxyl groups excluding tert-OH is 1. The number of aryl methyl sites for hydroxylation is 1. The zero-order valence-corrected chi connectivity index (χ0v) is 24.5. The maximum Gasteiger partial charge on any atom is 0.350 e. The van der Waals surface area contributed by atoms with Crippen LogP contribution in [0.2, 0.25) is 0 Å². The van der Waals surface area contributed by atoms with Gasteiger partial charge in [0.1, 0.15) is 22.1 Å². The summed E-state index contributed by atoms with van der Waals surface area (Å²) in [6.07, 6.45) is 2.69. The lowest BCUT2D eigenvalue weighted by Gasteiger charge is -2.23. The number of ketones is 1. The SMILES string of the molecule is CCCCOc1cccc(C2/C(=C(\O)c3ccc(OCCC)cc3)C(=O)C(=O)N2c2nc(C)c(C(=O)OCC)s2)c1. The largest absolute Gasteiger partial charge is 0.507 e. The van der Waals surface area contributed by atoms with Crippen LogP contribution in [-0.4, -0.2) is 47.6 Å². The van der Waals surface area contributed by atoms with E-state index in [1.54, 1.807) is 62.4 Å². The number of anilines is 1. The van der Waals surface area contributed by atoms with E-state index in [0.717, 1.165) is 30.6 Å². The molecule has 0 aliphatic carbocycles. The molecule has 1 saturated heterocycles. The predicted molar refractivity (Wildman–Crippen MR) is 157 cm³/mol. The Bertz CT molecular complexity index is 1440. The first kappa shape index (κ1) is 29.8. The Balaban J connectivity index is 1.83. The number of rotatable bonds is 12. The number of esters is 1. The third kappa shape index (κ3) is 6.43. The van der Waals surface area contributed by atoms with Crippen LogP contribution in [0.4, 0.5) is 5.13 Å². The smallest absolute Gasteiger partial charge is 0.350 e. The maximum absolute atomic E-state index is 13.6. The van der Waals surface area contributed by atoms with Crippen LogP contribution < -0.4 is 14.4 Å². The number of ether oxygens (including phenoxy) is 3. The molecule has 1 aliphatic rings. The van der Waals surface area contributed by atoms with E-state index in [4.69, 9.17) is 14.2 Å². The minimum atomic E-state index is -1.01. The number of aliphatic hydroxyl groups is 1. The number of Topliss-reactive ketones (excluding diaryl/α,β-unsaturated/α-hetero) is 1. The van der Waals surface area contributed by atoms with E-state index >= 15 is 0 Å². The van der Waals surface area contributed by atoms with Crippen molar-refractivity contribution in [2.45, 2.75) is 53.0 Å². The molecule has 0 saturated carbocycles. The van der Waals surface area contributed by atoms with Crippen molar-refractivity contribution in [3.63, 3.8) is 0 Å². The van der Waals surface area contributed by atoms with E-state index in [-0.39, 0.29) is 27.9 Å². The Morgan fingerprint density at radius 3 is 2.41 bits per heavy atom. The number of amides is 1. The molecule has 10 heteroatoms. The molecule has 2 aromatic carbocycles. The van der Waals surface area contributed by atoms with Gasteiger partial charge in [0.05, 0.1) is 37.1 Å². The Kier molecular flexibility index (Phi) is 9.78. The summed E-state index contributed by atoms with van der Waals surface area (Å²) in [5.41, 5.74) is 1.19. The van der Waals surface area contributed by atoms with Gasteiger partial charge in [0.2, 0.25) is 0 Å². The molecule has 4 rings (SSSR count). The molecule has 2 heterocycles. The second-order valence-corrected chi connectivity index (χ2v) is 10.4. The molecule has 0 spiro atoms. The lowest BCUT2D eigenvalue weighted by Crippen LogP contribution is -2.29. The van der Waals surface area contributed by atoms with Crippen molar-refractivity contribution in [3.05, 3.63) is 75.8 Å². The van der Waals surface area contributed by atoms with E-state index in [0.29, 0.717) is 41.5 Å². The van der Waals surface area contributed by atoms with E-state index in [1.165, 1.54) is 4.90 Å². The summed E-state index contributed by atoms with van der Waals surface area (Å²) in [5, 5.41) is 11.6. The van der Waals surface area contributed by atoms with Gasteiger partial charge in [-0.3, -0.25) is 14.5 Å². The summed E-state index contributed by atoms with van der Waals surface area (Å²) in [7, 11) is 0. The highest BCUT2D eigenvalue weighted by Crippen LogP contribution is 2.44. The van der Waals surface area contributed by atoms with Gasteiger partial charge in [-0.2, -0.15) is 0 Å².